The molecule has 5 nitrogen and oxygen atoms in total. The van der Waals surface area contributed by atoms with Crippen LogP contribution in [-0.4, -0.2) is 53.3 Å². The standard InChI is InChI=1S/C19H27N3O2/c1-13(2)22-14(3)15(7-10-21-11-8-20-9-12-21)16-5-4-6-17(18(16)22)19(23)24/h4-6,13,20H,7-12H2,1-3H3,(H,23,24). The van der Waals surface area contributed by atoms with E-state index in [0.717, 1.165) is 50.0 Å². The predicted molar refractivity (Wildman–Crippen MR) is 97.0 cm³/mol. The first-order chi connectivity index (χ1) is 11.5. The summed E-state index contributed by atoms with van der Waals surface area (Å²) >= 11 is 0. The highest BCUT2D eigenvalue weighted by atomic mass is 16.4. The summed E-state index contributed by atoms with van der Waals surface area (Å²) in [5.74, 6) is -0.853. The lowest BCUT2D eigenvalue weighted by atomic mass is 10.0. The number of fused-ring (bicyclic) bond motifs is 1. The zero-order valence-corrected chi connectivity index (χ0v) is 14.8. The molecule has 5 heteroatoms. The summed E-state index contributed by atoms with van der Waals surface area (Å²) in [4.78, 5) is 14.2. The predicted octanol–water partition coefficient (Wildman–Crippen LogP) is 2.68. The maximum atomic E-state index is 11.7. The Morgan fingerprint density at radius 3 is 2.62 bits per heavy atom. The van der Waals surface area contributed by atoms with E-state index in [0.29, 0.717) is 5.56 Å². The summed E-state index contributed by atoms with van der Waals surface area (Å²) in [5, 5.41) is 14.1. The number of aromatic carboxylic acids is 1. The average Bonchev–Trinajstić information content (AvgIpc) is 2.85. The average molecular weight is 329 g/mol. The van der Waals surface area contributed by atoms with Gasteiger partial charge in [0.2, 0.25) is 0 Å². The first-order valence-corrected chi connectivity index (χ1v) is 8.79. The van der Waals surface area contributed by atoms with Crippen molar-refractivity contribution in [2.75, 3.05) is 32.7 Å². The molecule has 0 atom stereocenters. The molecule has 0 radical (unpaired) electrons. The summed E-state index contributed by atoms with van der Waals surface area (Å²) in [6.07, 6.45) is 0.963. The maximum Gasteiger partial charge on any atom is 0.337 e. The molecule has 0 bridgehead atoms. The van der Waals surface area contributed by atoms with Crippen molar-refractivity contribution in [3.8, 4) is 0 Å². The van der Waals surface area contributed by atoms with E-state index in [-0.39, 0.29) is 6.04 Å². The van der Waals surface area contributed by atoms with Gasteiger partial charge in [-0.25, -0.2) is 4.79 Å². The second-order valence-corrected chi connectivity index (χ2v) is 6.88. The quantitative estimate of drug-likeness (QED) is 0.885. The van der Waals surface area contributed by atoms with E-state index < -0.39 is 5.97 Å². The van der Waals surface area contributed by atoms with E-state index in [1.54, 1.807) is 6.07 Å². The molecule has 2 heterocycles. The van der Waals surface area contributed by atoms with Crippen molar-refractivity contribution in [2.45, 2.75) is 33.2 Å². The van der Waals surface area contributed by atoms with Crippen LogP contribution in [0.5, 0.6) is 0 Å². The van der Waals surface area contributed by atoms with Crippen molar-refractivity contribution in [1.82, 2.24) is 14.8 Å². The van der Waals surface area contributed by atoms with Gasteiger partial charge in [0.15, 0.2) is 0 Å². The lowest BCUT2D eigenvalue weighted by molar-refractivity contribution is 0.0698. The molecule has 0 saturated carbocycles. The minimum Gasteiger partial charge on any atom is -0.478 e. The summed E-state index contributed by atoms with van der Waals surface area (Å²) in [5.41, 5.74) is 3.76. The summed E-state index contributed by atoms with van der Waals surface area (Å²) in [7, 11) is 0. The van der Waals surface area contributed by atoms with Crippen LogP contribution in [0.25, 0.3) is 10.9 Å². The molecule has 0 unspecified atom stereocenters. The van der Waals surface area contributed by atoms with Gasteiger partial charge in [0.25, 0.3) is 0 Å². The van der Waals surface area contributed by atoms with Gasteiger partial charge in [0.1, 0.15) is 0 Å². The van der Waals surface area contributed by atoms with Crippen LogP contribution in [0.2, 0.25) is 0 Å². The highest BCUT2D eigenvalue weighted by Crippen LogP contribution is 2.32. The number of nitrogens with one attached hydrogen (secondary N) is 1. The summed E-state index contributed by atoms with van der Waals surface area (Å²) in [6, 6.07) is 5.88. The van der Waals surface area contributed by atoms with E-state index in [2.05, 4.69) is 41.6 Å². The van der Waals surface area contributed by atoms with Crippen LogP contribution in [0.15, 0.2) is 18.2 Å². The van der Waals surface area contributed by atoms with Crippen molar-refractivity contribution in [2.24, 2.45) is 0 Å². The number of carboxylic acid groups (broad SMARTS) is 1. The van der Waals surface area contributed by atoms with Gasteiger partial charge >= 0.3 is 5.97 Å². The minimum atomic E-state index is -0.853. The number of piperazine rings is 1. The maximum absolute atomic E-state index is 11.7. The Labute approximate surface area is 143 Å². The number of benzene rings is 1. The molecular weight excluding hydrogens is 302 g/mol. The van der Waals surface area contributed by atoms with Gasteiger partial charge in [-0.3, -0.25) is 0 Å². The number of aromatic nitrogens is 1. The Morgan fingerprint density at radius 2 is 2.00 bits per heavy atom. The molecule has 1 aromatic heterocycles. The van der Waals surface area contributed by atoms with Crippen molar-refractivity contribution < 1.29 is 9.90 Å². The van der Waals surface area contributed by atoms with E-state index in [1.807, 2.05) is 6.07 Å². The largest absolute Gasteiger partial charge is 0.478 e. The number of nitrogens with zero attached hydrogens (tertiary/aromatic N) is 2. The van der Waals surface area contributed by atoms with Crippen LogP contribution in [0.1, 0.15) is 41.5 Å². The van der Waals surface area contributed by atoms with Gasteiger partial charge < -0.3 is 19.9 Å². The van der Waals surface area contributed by atoms with Crippen molar-refractivity contribution in [3.63, 3.8) is 0 Å². The molecule has 1 fully saturated rings. The Morgan fingerprint density at radius 1 is 1.29 bits per heavy atom. The van der Waals surface area contributed by atoms with Gasteiger partial charge in [0.05, 0.1) is 11.1 Å². The van der Waals surface area contributed by atoms with Crippen molar-refractivity contribution in [3.05, 3.63) is 35.0 Å². The number of hydrogen-bond acceptors (Lipinski definition) is 3. The molecule has 3 rings (SSSR count). The highest BCUT2D eigenvalue weighted by Gasteiger charge is 2.21. The monoisotopic (exact) mass is 329 g/mol. The topological polar surface area (TPSA) is 57.5 Å². The van der Waals surface area contributed by atoms with Crippen LogP contribution < -0.4 is 5.32 Å². The number of rotatable bonds is 5. The molecule has 2 aromatic rings. The van der Waals surface area contributed by atoms with Gasteiger partial charge in [-0.1, -0.05) is 12.1 Å². The van der Waals surface area contributed by atoms with Crippen LogP contribution in [-0.2, 0) is 6.42 Å². The summed E-state index contributed by atoms with van der Waals surface area (Å²) < 4.78 is 2.19. The molecule has 1 aromatic carbocycles. The van der Waals surface area contributed by atoms with Gasteiger partial charge in [-0.15, -0.1) is 0 Å². The highest BCUT2D eigenvalue weighted by molar-refractivity contribution is 6.04. The molecule has 0 aliphatic carbocycles. The van der Waals surface area contributed by atoms with Crippen LogP contribution in [0.3, 0.4) is 0 Å². The van der Waals surface area contributed by atoms with Crippen molar-refractivity contribution >= 4 is 16.9 Å². The Bertz CT molecular complexity index is 743. The number of para-hydroxylation sites is 1. The fourth-order valence-corrected chi connectivity index (χ4v) is 3.89. The van der Waals surface area contributed by atoms with Gasteiger partial charge in [-0.05, 0) is 38.8 Å². The number of carbonyl (C=O) groups is 1. The van der Waals surface area contributed by atoms with Crippen molar-refractivity contribution in [1.29, 1.82) is 0 Å². The van der Waals surface area contributed by atoms with Crippen LogP contribution >= 0.6 is 0 Å². The Balaban J connectivity index is 2.02. The molecule has 24 heavy (non-hydrogen) atoms. The van der Waals surface area contributed by atoms with Crippen LogP contribution in [0, 0.1) is 6.92 Å². The smallest absolute Gasteiger partial charge is 0.337 e. The lowest BCUT2D eigenvalue weighted by Gasteiger charge is -2.27. The number of carboxylic acids is 1. The SMILES string of the molecule is Cc1c(CCN2CCNCC2)c2cccc(C(=O)O)c2n1C(C)C. The van der Waals surface area contributed by atoms with Crippen LogP contribution in [0.4, 0.5) is 0 Å². The molecule has 1 aliphatic rings. The second kappa shape index (κ2) is 6.95. The molecule has 0 amide bonds. The Kier molecular flexibility index (Phi) is 4.92. The molecule has 2 N–H and O–H groups in total. The molecule has 1 saturated heterocycles. The number of hydrogen-bond donors (Lipinski definition) is 2. The zero-order chi connectivity index (χ0) is 17.3. The van der Waals surface area contributed by atoms with Gasteiger partial charge in [0, 0.05) is 49.8 Å². The third-order valence-electron chi connectivity index (χ3n) is 5.03. The fourth-order valence-electron chi connectivity index (χ4n) is 3.89. The minimum absolute atomic E-state index is 0.237. The third kappa shape index (κ3) is 3.06. The zero-order valence-electron chi connectivity index (χ0n) is 14.8. The van der Waals surface area contributed by atoms with E-state index in [1.165, 1.54) is 11.3 Å². The normalized spacial score (nSPS) is 16.2. The Hall–Kier alpha value is -1.85. The first-order valence-electron chi connectivity index (χ1n) is 8.79. The molecule has 0 spiro atoms. The third-order valence-corrected chi connectivity index (χ3v) is 5.03. The summed E-state index contributed by atoms with van der Waals surface area (Å²) in [6.45, 7) is 11.7. The lowest BCUT2D eigenvalue weighted by Crippen LogP contribution is -2.44. The fraction of sp³-hybridized carbons (Fsp3) is 0.526. The molecule has 130 valence electrons. The van der Waals surface area contributed by atoms with Gasteiger partial charge in [-0.2, -0.15) is 0 Å². The van der Waals surface area contributed by atoms with E-state index >= 15 is 0 Å². The van der Waals surface area contributed by atoms with E-state index in [9.17, 15) is 9.90 Å². The second-order valence-electron chi connectivity index (χ2n) is 6.88. The molecule has 1 aliphatic heterocycles. The van der Waals surface area contributed by atoms with E-state index in [4.69, 9.17) is 0 Å². The first kappa shape index (κ1) is 17.0. The molecular formula is C19H27N3O2.